The van der Waals surface area contributed by atoms with E-state index in [9.17, 15) is 4.79 Å². The second kappa shape index (κ2) is 10.8. The molecule has 25 heavy (non-hydrogen) atoms. The Morgan fingerprint density at radius 1 is 1.20 bits per heavy atom. The number of nitrogens with zero attached hydrogens (tertiary/aromatic N) is 1. The number of hydrogen-bond acceptors (Lipinski definition) is 3. The quantitative estimate of drug-likeness (QED) is 0.648. The molecular formula is C21H27N3O. The number of aryl methyl sites for hydroxylation is 1. The van der Waals surface area contributed by atoms with Crippen LogP contribution < -0.4 is 11.1 Å². The Kier molecular flexibility index (Phi) is 8.72. The fourth-order valence-corrected chi connectivity index (χ4v) is 2.27. The van der Waals surface area contributed by atoms with Crippen molar-refractivity contribution in [2.24, 2.45) is 10.7 Å². The maximum Gasteiger partial charge on any atom is 0.211 e. The van der Waals surface area contributed by atoms with Crippen LogP contribution in [0.25, 0.3) is 0 Å². The van der Waals surface area contributed by atoms with E-state index in [1.54, 1.807) is 7.05 Å². The van der Waals surface area contributed by atoms with Gasteiger partial charge in [0.2, 0.25) is 6.41 Å². The standard InChI is InChI=1S/C14H19N3O.C7H8/c1-10(11(2)15)14(16-3)12-7-5-4-6-8-13(12)17-9-18;1-7-5-3-2-4-6-7/h4-7,9H,8,15H2,1-3H3,(H,17,18);2-6H,1H3/b11-10+,16-14?;. The van der Waals surface area contributed by atoms with Gasteiger partial charge in [-0.25, -0.2) is 0 Å². The predicted octanol–water partition coefficient (Wildman–Crippen LogP) is 3.82. The molecule has 1 aromatic rings. The molecule has 2 rings (SSSR count). The highest BCUT2D eigenvalue weighted by atomic mass is 16.1. The van der Waals surface area contributed by atoms with Crippen LogP contribution >= 0.6 is 0 Å². The maximum atomic E-state index is 10.7. The number of carbonyl (C=O) groups is 1. The van der Waals surface area contributed by atoms with Gasteiger partial charge in [0.15, 0.2) is 0 Å². The summed E-state index contributed by atoms with van der Waals surface area (Å²) in [5.41, 5.74) is 11.3. The van der Waals surface area contributed by atoms with E-state index in [2.05, 4.69) is 29.4 Å². The molecule has 0 bridgehead atoms. The zero-order valence-corrected chi connectivity index (χ0v) is 15.4. The van der Waals surface area contributed by atoms with Gasteiger partial charge < -0.3 is 11.1 Å². The lowest BCUT2D eigenvalue weighted by Crippen LogP contribution is -2.18. The average Bonchev–Trinajstić information content (AvgIpc) is 2.83. The van der Waals surface area contributed by atoms with Gasteiger partial charge in [-0.15, -0.1) is 0 Å². The summed E-state index contributed by atoms with van der Waals surface area (Å²) in [4.78, 5) is 15.0. The van der Waals surface area contributed by atoms with Gasteiger partial charge in [0.25, 0.3) is 0 Å². The summed E-state index contributed by atoms with van der Waals surface area (Å²) < 4.78 is 0. The molecule has 1 amide bonds. The second-order valence-corrected chi connectivity index (χ2v) is 5.68. The normalized spacial score (nSPS) is 15.0. The molecule has 3 N–H and O–H groups in total. The van der Waals surface area contributed by atoms with Crippen LogP contribution in [0, 0.1) is 6.92 Å². The topological polar surface area (TPSA) is 67.5 Å². The minimum atomic E-state index is 0.664. The van der Waals surface area contributed by atoms with Crippen LogP contribution in [0.1, 0.15) is 25.8 Å². The van der Waals surface area contributed by atoms with Crippen LogP contribution in [0.4, 0.5) is 0 Å². The number of nitrogens with two attached hydrogens (primary N) is 1. The van der Waals surface area contributed by atoms with Crippen LogP contribution in [-0.4, -0.2) is 19.2 Å². The summed E-state index contributed by atoms with van der Waals surface area (Å²) in [5.74, 6) is 0. The van der Waals surface area contributed by atoms with Crippen molar-refractivity contribution in [2.45, 2.75) is 27.2 Å². The largest absolute Gasteiger partial charge is 0.402 e. The van der Waals surface area contributed by atoms with Gasteiger partial charge in [-0.1, -0.05) is 60.2 Å². The third-order valence-corrected chi connectivity index (χ3v) is 3.76. The number of aliphatic imine (C=N–C) groups is 1. The molecule has 0 spiro atoms. The molecule has 0 saturated carbocycles. The van der Waals surface area contributed by atoms with Crippen LogP contribution in [0.3, 0.4) is 0 Å². The highest BCUT2D eigenvalue weighted by molar-refractivity contribution is 6.14. The minimum Gasteiger partial charge on any atom is -0.402 e. The first-order valence-electron chi connectivity index (χ1n) is 8.20. The van der Waals surface area contributed by atoms with E-state index in [4.69, 9.17) is 5.73 Å². The summed E-state index contributed by atoms with van der Waals surface area (Å²) >= 11 is 0. The minimum absolute atomic E-state index is 0.664. The summed E-state index contributed by atoms with van der Waals surface area (Å²) in [6.45, 7) is 5.85. The van der Waals surface area contributed by atoms with Gasteiger partial charge in [-0.3, -0.25) is 9.79 Å². The predicted molar refractivity (Wildman–Crippen MR) is 106 cm³/mol. The number of hydrogen-bond donors (Lipinski definition) is 2. The van der Waals surface area contributed by atoms with Crippen molar-refractivity contribution >= 4 is 12.1 Å². The Bertz CT molecular complexity index is 719. The van der Waals surface area contributed by atoms with Crippen LogP contribution in [0.15, 0.2) is 82.2 Å². The average molecular weight is 337 g/mol. The van der Waals surface area contributed by atoms with Crippen molar-refractivity contribution in [1.29, 1.82) is 0 Å². The smallest absolute Gasteiger partial charge is 0.211 e. The van der Waals surface area contributed by atoms with E-state index in [0.29, 0.717) is 12.8 Å². The third-order valence-electron chi connectivity index (χ3n) is 3.76. The zero-order chi connectivity index (χ0) is 18.7. The van der Waals surface area contributed by atoms with E-state index in [0.717, 1.165) is 28.3 Å². The molecule has 1 aliphatic carbocycles. The summed E-state index contributed by atoms with van der Waals surface area (Å²) in [6.07, 6.45) is 9.14. The monoisotopic (exact) mass is 337 g/mol. The van der Waals surface area contributed by atoms with E-state index >= 15 is 0 Å². The van der Waals surface area contributed by atoms with Gasteiger partial charge >= 0.3 is 0 Å². The molecule has 4 nitrogen and oxygen atoms in total. The Labute approximate surface area is 150 Å². The number of rotatable bonds is 4. The van der Waals surface area contributed by atoms with Crippen LogP contribution in [0.2, 0.25) is 0 Å². The van der Waals surface area contributed by atoms with Gasteiger partial charge in [-0.2, -0.15) is 0 Å². The lowest BCUT2D eigenvalue weighted by molar-refractivity contribution is -0.108. The molecule has 4 heteroatoms. The zero-order valence-electron chi connectivity index (χ0n) is 15.4. The second-order valence-electron chi connectivity index (χ2n) is 5.68. The number of allylic oxidation sites excluding steroid dienone is 7. The maximum absolute atomic E-state index is 10.7. The molecule has 0 heterocycles. The Morgan fingerprint density at radius 3 is 2.36 bits per heavy atom. The molecule has 0 radical (unpaired) electrons. The van der Waals surface area contributed by atoms with Crippen molar-refractivity contribution in [3.8, 4) is 0 Å². The Morgan fingerprint density at radius 2 is 1.88 bits per heavy atom. The fraction of sp³-hybridized carbons (Fsp3) is 0.238. The summed E-state index contributed by atoms with van der Waals surface area (Å²) in [6, 6.07) is 10.3. The van der Waals surface area contributed by atoms with Crippen molar-refractivity contribution in [1.82, 2.24) is 5.32 Å². The van der Waals surface area contributed by atoms with Gasteiger partial charge in [0, 0.05) is 30.4 Å². The number of nitrogens with one attached hydrogen (secondary N) is 1. The molecule has 0 atom stereocenters. The first-order chi connectivity index (χ1) is 12.0. The molecule has 132 valence electrons. The Balaban J connectivity index is 0.000000370. The lowest BCUT2D eigenvalue weighted by atomic mass is 9.99. The molecule has 0 unspecified atom stereocenters. The van der Waals surface area contributed by atoms with Gasteiger partial charge in [-0.05, 0) is 26.3 Å². The van der Waals surface area contributed by atoms with Gasteiger partial charge in [0.1, 0.15) is 0 Å². The third kappa shape index (κ3) is 6.63. The summed E-state index contributed by atoms with van der Waals surface area (Å²) in [7, 11) is 1.72. The number of benzene rings is 1. The molecular weight excluding hydrogens is 310 g/mol. The van der Waals surface area contributed by atoms with Crippen molar-refractivity contribution in [3.63, 3.8) is 0 Å². The number of amides is 1. The SMILES string of the molecule is CN=C(C1=C(NC=O)CC=CC=C1)/C(C)=C(\C)N.Cc1ccccc1. The lowest BCUT2D eigenvalue weighted by Gasteiger charge is -2.13. The highest BCUT2D eigenvalue weighted by Crippen LogP contribution is 2.18. The molecule has 0 fully saturated rings. The van der Waals surface area contributed by atoms with E-state index in [1.807, 2.05) is 56.4 Å². The molecule has 0 aliphatic heterocycles. The number of carbonyl (C=O) groups excluding carboxylic acids is 1. The molecule has 1 aromatic carbocycles. The molecule has 1 aliphatic rings. The van der Waals surface area contributed by atoms with Crippen molar-refractivity contribution in [2.75, 3.05) is 7.05 Å². The van der Waals surface area contributed by atoms with E-state index < -0.39 is 0 Å². The first-order valence-corrected chi connectivity index (χ1v) is 8.20. The highest BCUT2D eigenvalue weighted by Gasteiger charge is 2.13. The van der Waals surface area contributed by atoms with Crippen molar-refractivity contribution < 1.29 is 4.79 Å². The van der Waals surface area contributed by atoms with E-state index in [-0.39, 0.29) is 0 Å². The first kappa shape index (κ1) is 20.2. The van der Waals surface area contributed by atoms with Crippen LogP contribution in [-0.2, 0) is 4.79 Å². The Hall–Kier alpha value is -2.88. The van der Waals surface area contributed by atoms with Crippen molar-refractivity contribution in [3.05, 3.63) is 82.7 Å². The molecule has 0 aromatic heterocycles. The fourth-order valence-electron chi connectivity index (χ4n) is 2.27. The van der Waals surface area contributed by atoms with E-state index in [1.165, 1.54) is 5.56 Å². The van der Waals surface area contributed by atoms with Gasteiger partial charge in [0.05, 0.1) is 5.71 Å². The van der Waals surface area contributed by atoms with Crippen LogP contribution in [0.5, 0.6) is 0 Å². The molecule has 0 saturated heterocycles. The summed E-state index contributed by atoms with van der Waals surface area (Å²) in [5, 5.41) is 2.74.